The molecule has 1 fully saturated rings. The predicted molar refractivity (Wildman–Crippen MR) is 137 cm³/mol. The first-order valence-electron chi connectivity index (χ1n) is 13.3. The molecule has 0 atom stereocenters. The van der Waals surface area contributed by atoms with Gasteiger partial charge in [0.2, 0.25) is 11.8 Å². The molecule has 33 heavy (non-hydrogen) atoms. The molecule has 2 amide bonds. The summed E-state index contributed by atoms with van der Waals surface area (Å²) >= 11 is 0. The number of hydrogen-bond donors (Lipinski definition) is 0. The van der Waals surface area contributed by atoms with Gasteiger partial charge in [-0.3, -0.25) is 9.59 Å². The zero-order valence-corrected chi connectivity index (χ0v) is 23.0. The van der Waals surface area contributed by atoms with Crippen LogP contribution in [-0.4, -0.2) is 85.0 Å². The smallest absolute Gasteiger partial charge is 0.223 e. The fraction of sp³-hybridized carbons (Fsp3) is 0.926. The van der Waals surface area contributed by atoms with Crippen LogP contribution >= 0.6 is 0 Å². The van der Waals surface area contributed by atoms with Gasteiger partial charge >= 0.3 is 0 Å². The summed E-state index contributed by atoms with van der Waals surface area (Å²) in [5, 5.41) is 0. The summed E-state index contributed by atoms with van der Waals surface area (Å²) in [5.74, 6) is 1.04. The van der Waals surface area contributed by atoms with E-state index in [1.54, 1.807) is 0 Å². The van der Waals surface area contributed by atoms with Gasteiger partial charge in [-0.25, -0.2) is 0 Å². The molecule has 1 heterocycles. The number of hydrogen-bond acceptors (Lipinski definition) is 4. The Hall–Kier alpha value is -1.14. The van der Waals surface area contributed by atoms with Crippen molar-refractivity contribution in [1.82, 2.24) is 14.7 Å². The highest BCUT2D eigenvalue weighted by atomic mass is 16.5. The third-order valence-electron chi connectivity index (χ3n) is 6.82. The molecule has 1 aliphatic heterocycles. The highest BCUT2D eigenvalue weighted by Gasteiger charge is 2.34. The summed E-state index contributed by atoms with van der Waals surface area (Å²) < 4.78 is 6.25. The molecule has 0 N–H and O–H groups in total. The van der Waals surface area contributed by atoms with E-state index in [0.29, 0.717) is 38.5 Å². The Labute approximate surface area is 204 Å². The van der Waals surface area contributed by atoms with E-state index >= 15 is 0 Å². The fourth-order valence-electron chi connectivity index (χ4n) is 4.62. The zero-order valence-electron chi connectivity index (χ0n) is 23.0. The molecule has 0 aromatic rings. The Bertz CT molecular complexity index is 583. The van der Waals surface area contributed by atoms with E-state index in [1.807, 2.05) is 18.7 Å². The van der Waals surface area contributed by atoms with E-state index in [2.05, 4.69) is 51.5 Å². The zero-order chi connectivity index (χ0) is 25.1. The van der Waals surface area contributed by atoms with Gasteiger partial charge in [0.25, 0.3) is 0 Å². The number of nitrogens with zero attached hydrogens (tertiary/aromatic N) is 3. The third-order valence-corrected chi connectivity index (χ3v) is 6.82. The van der Waals surface area contributed by atoms with Gasteiger partial charge in [-0.1, -0.05) is 34.1 Å². The maximum absolute atomic E-state index is 13.2. The monoisotopic (exact) mass is 467 g/mol. The number of carbonyl (C=O) groups excluding carboxylic acids is 2. The predicted octanol–water partition coefficient (Wildman–Crippen LogP) is 4.82. The minimum absolute atomic E-state index is 0.138. The van der Waals surface area contributed by atoms with Crippen LogP contribution in [0.2, 0.25) is 0 Å². The Morgan fingerprint density at radius 1 is 0.939 bits per heavy atom. The molecule has 0 bridgehead atoms. The highest BCUT2D eigenvalue weighted by Crippen LogP contribution is 2.26. The molecule has 0 unspecified atom stereocenters. The molecular weight excluding hydrogens is 414 g/mol. The molecule has 0 radical (unpaired) electrons. The van der Waals surface area contributed by atoms with Crippen LogP contribution in [-0.2, 0) is 14.3 Å². The van der Waals surface area contributed by atoms with Crippen LogP contribution in [0.25, 0.3) is 0 Å². The molecule has 0 aromatic heterocycles. The quantitative estimate of drug-likeness (QED) is 0.347. The first kappa shape index (κ1) is 29.9. The van der Waals surface area contributed by atoms with Gasteiger partial charge in [0.05, 0.1) is 18.8 Å². The van der Waals surface area contributed by atoms with E-state index in [0.717, 1.165) is 58.3 Å². The standard InChI is InChI=1S/C27H53N3O3/c1-9-12-14-25(32)30(19-23-15-17-28(8)18-16-23)27(6,7)22-33-21-26(4,5)20-29(11-3)24(31)13-10-2/h23H,9-22H2,1-8H3. The lowest BCUT2D eigenvalue weighted by Crippen LogP contribution is -2.53. The van der Waals surface area contributed by atoms with Crippen molar-refractivity contribution in [3.63, 3.8) is 0 Å². The minimum Gasteiger partial charge on any atom is -0.378 e. The normalized spacial score (nSPS) is 16.1. The second kappa shape index (κ2) is 14.3. The third kappa shape index (κ3) is 10.8. The van der Waals surface area contributed by atoms with Crippen molar-refractivity contribution < 1.29 is 14.3 Å². The van der Waals surface area contributed by atoms with Crippen LogP contribution in [0.1, 0.15) is 93.4 Å². The van der Waals surface area contributed by atoms with Gasteiger partial charge < -0.3 is 19.4 Å². The minimum atomic E-state index is -0.354. The molecule has 1 saturated heterocycles. The summed E-state index contributed by atoms with van der Waals surface area (Å²) in [6, 6.07) is 0. The van der Waals surface area contributed by atoms with Gasteiger partial charge in [-0.15, -0.1) is 0 Å². The highest BCUT2D eigenvalue weighted by molar-refractivity contribution is 5.77. The summed E-state index contributed by atoms with van der Waals surface area (Å²) in [6.07, 6.45) is 6.36. The molecule has 6 nitrogen and oxygen atoms in total. The van der Waals surface area contributed by atoms with Crippen molar-refractivity contribution >= 4 is 11.8 Å². The van der Waals surface area contributed by atoms with Crippen LogP contribution in [0.3, 0.4) is 0 Å². The number of rotatable bonds is 15. The Kier molecular flexibility index (Phi) is 13.0. The Balaban J connectivity index is 2.74. The molecular formula is C27H53N3O3. The Morgan fingerprint density at radius 3 is 2.12 bits per heavy atom. The van der Waals surface area contributed by atoms with Gasteiger partial charge in [0.1, 0.15) is 0 Å². The lowest BCUT2D eigenvalue weighted by molar-refractivity contribution is -0.142. The second-order valence-electron chi connectivity index (χ2n) is 11.5. The van der Waals surface area contributed by atoms with Gasteiger partial charge in [-0.05, 0) is 72.5 Å². The van der Waals surface area contributed by atoms with Crippen LogP contribution in [0, 0.1) is 11.3 Å². The van der Waals surface area contributed by atoms with Crippen LogP contribution in [0.4, 0.5) is 0 Å². The number of unbranched alkanes of at least 4 members (excludes halogenated alkanes) is 1. The van der Waals surface area contributed by atoms with Crippen LogP contribution < -0.4 is 0 Å². The largest absolute Gasteiger partial charge is 0.378 e. The van der Waals surface area contributed by atoms with E-state index in [9.17, 15) is 9.59 Å². The number of amides is 2. The summed E-state index contributed by atoms with van der Waals surface area (Å²) in [4.78, 5) is 32.0. The number of ether oxygens (including phenoxy) is 1. The number of carbonyl (C=O) groups is 2. The molecule has 194 valence electrons. The average molecular weight is 468 g/mol. The van der Waals surface area contributed by atoms with Gasteiger partial charge in [0.15, 0.2) is 0 Å². The van der Waals surface area contributed by atoms with E-state index in [1.165, 1.54) is 0 Å². The molecule has 0 spiro atoms. The average Bonchev–Trinajstić information content (AvgIpc) is 2.75. The molecule has 1 aliphatic rings. The topological polar surface area (TPSA) is 53.1 Å². The number of likely N-dealkylation sites (tertiary alicyclic amines) is 1. The van der Waals surface area contributed by atoms with Crippen molar-refractivity contribution in [2.24, 2.45) is 11.3 Å². The molecule has 0 aliphatic carbocycles. The first-order chi connectivity index (χ1) is 15.5. The van der Waals surface area contributed by atoms with Crippen molar-refractivity contribution in [1.29, 1.82) is 0 Å². The lowest BCUT2D eigenvalue weighted by atomic mass is 9.92. The fourth-order valence-corrected chi connectivity index (χ4v) is 4.62. The Morgan fingerprint density at radius 2 is 1.58 bits per heavy atom. The summed E-state index contributed by atoms with van der Waals surface area (Å²) in [7, 11) is 2.18. The van der Waals surface area contributed by atoms with E-state index < -0.39 is 0 Å². The lowest BCUT2D eigenvalue weighted by Gasteiger charge is -2.42. The first-order valence-corrected chi connectivity index (χ1v) is 13.3. The van der Waals surface area contributed by atoms with Crippen LogP contribution in [0.15, 0.2) is 0 Å². The van der Waals surface area contributed by atoms with E-state index in [-0.39, 0.29) is 22.8 Å². The van der Waals surface area contributed by atoms with Crippen LogP contribution in [0.5, 0.6) is 0 Å². The SMILES string of the molecule is CCCCC(=O)N(CC1CCN(C)CC1)C(C)(C)COCC(C)(C)CN(CC)C(=O)CCC. The maximum atomic E-state index is 13.2. The summed E-state index contributed by atoms with van der Waals surface area (Å²) in [5.41, 5.74) is -0.493. The number of piperidine rings is 1. The van der Waals surface area contributed by atoms with Crippen molar-refractivity contribution in [3.05, 3.63) is 0 Å². The maximum Gasteiger partial charge on any atom is 0.223 e. The van der Waals surface area contributed by atoms with Crippen molar-refractivity contribution in [3.8, 4) is 0 Å². The molecule has 1 rings (SSSR count). The van der Waals surface area contributed by atoms with Crippen molar-refractivity contribution in [2.75, 3.05) is 53.0 Å². The van der Waals surface area contributed by atoms with Gasteiger partial charge in [0, 0.05) is 37.9 Å². The van der Waals surface area contributed by atoms with Gasteiger partial charge in [-0.2, -0.15) is 0 Å². The molecule has 0 aromatic carbocycles. The van der Waals surface area contributed by atoms with E-state index in [4.69, 9.17) is 4.74 Å². The second-order valence-corrected chi connectivity index (χ2v) is 11.5. The molecule has 0 saturated carbocycles. The summed E-state index contributed by atoms with van der Waals surface area (Å²) in [6.45, 7) is 20.3. The molecule has 6 heteroatoms. The van der Waals surface area contributed by atoms with Crippen molar-refractivity contribution in [2.45, 2.75) is 99.0 Å².